The van der Waals surface area contributed by atoms with Gasteiger partial charge in [0.2, 0.25) is 0 Å². The molecule has 0 amide bonds. The van der Waals surface area contributed by atoms with Gasteiger partial charge in [-0.3, -0.25) is 4.79 Å². The van der Waals surface area contributed by atoms with Crippen LogP contribution >= 0.6 is 11.3 Å². The summed E-state index contributed by atoms with van der Waals surface area (Å²) in [7, 11) is 1.63. The third-order valence-corrected chi connectivity index (χ3v) is 2.95. The Balaban J connectivity index is 2.39. The van der Waals surface area contributed by atoms with E-state index in [0.29, 0.717) is 5.01 Å². The van der Waals surface area contributed by atoms with Gasteiger partial charge in [-0.25, -0.2) is 4.98 Å². The predicted molar refractivity (Wildman–Crippen MR) is 59.5 cm³/mol. The maximum Gasteiger partial charge on any atom is 0.178 e. The van der Waals surface area contributed by atoms with Crippen LogP contribution in [-0.2, 0) is 0 Å². The number of thiazole rings is 1. The molecule has 2 aromatic rings. The number of rotatable bonds is 3. The molecule has 1 aromatic carbocycles. The van der Waals surface area contributed by atoms with E-state index in [-0.39, 0.29) is 0 Å². The van der Waals surface area contributed by atoms with Gasteiger partial charge in [0.1, 0.15) is 5.75 Å². The van der Waals surface area contributed by atoms with Crippen molar-refractivity contribution in [2.45, 2.75) is 0 Å². The van der Waals surface area contributed by atoms with Crippen LogP contribution < -0.4 is 4.74 Å². The van der Waals surface area contributed by atoms with Gasteiger partial charge in [-0.05, 0) is 17.7 Å². The molecule has 15 heavy (non-hydrogen) atoms. The van der Waals surface area contributed by atoms with Crippen LogP contribution in [0.5, 0.6) is 5.75 Å². The molecule has 4 heteroatoms. The zero-order chi connectivity index (χ0) is 10.7. The van der Waals surface area contributed by atoms with Crippen molar-refractivity contribution in [3.8, 4) is 16.2 Å². The highest BCUT2D eigenvalue weighted by Gasteiger charge is 2.04. The van der Waals surface area contributed by atoms with Crippen molar-refractivity contribution < 1.29 is 9.53 Å². The molecular formula is C11H9NO2S. The second-order valence-electron chi connectivity index (χ2n) is 2.91. The summed E-state index contributed by atoms with van der Waals surface area (Å²) in [6.07, 6.45) is 2.46. The zero-order valence-corrected chi connectivity index (χ0v) is 8.95. The summed E-state index contributed by atoms with van der Waals surface area (Å²) in [6.45, 7) is 0. The van der Waals surface area contributed by atoms with Gasteiger partial charge in [0.25, 0.3) is 0 Å². The first kappa shape index (κ1) is 9.86. The van der Waals surface area contributed by atoms with E-state index in [1.807, 2.05) is 24.3 Å². The minimum absolute atomic E-state index is 0.493. The lowest BCUT2D eigenvalue weighted by Gasteiger charge is -2.01. The van der Waals surface area contributed by atoms with Crippen LogP contribution in [0.2, 0.25) is 0 Å². The van der Waals surface area contributed by atoms with Gasteiger partial charge in [-0.15, -0.1) is 11.3 Å². The van der Waals surface area contributed by atoms with E-state index in [2.05, 4.69) is 4.98 Å². The first-order valence-corrected chi connectivity index (χ1v) is 5.20. The Morgan fingerprint density at radius 3 is 3.00 bits per heavy atom. The zero-order valence-electron chi connectivity index (χ0n) is 8.14. The van der Waals surface area contributed by atoms with Crippen molar-refractivity contribution in [3.05, 3.63) is 35.5 Å². The summed E-state index contributed by atoms with van der Waals surface area (Å²) in [6, 6.07) is 7.67. The summed E-state index contributed by atoms with van der Waals surface area (Å²) < 4.78 is 5.12. The van der Waals surface area contributed by atoms with Crippen LogP contribution in [0.1, 0.15) is 9.80 Å². The largest absolute Gasteiger partial charge is 0.497 e. The highest BCUT2D eigenvalue weighted by atomic mass is 32.1. The number of aldehydes is 1. The Kier molecular flexibility index (Phi) is 2.78. The molecule has 0 fully saturated rings. The molecular weight excluding hydrogens is 210 g/mol. The Labute approximate surface area is 91.4 Å². The second-order valence-corrected chi connectivity index (χ2v) is 3.97. The van der Waals surface area contributed by atoms with Crippen molar-refractivity contribution in [1.29, 1.82) is 0 Å². The SMILES string of the molecule is COc1cccc(-c2cnc(C=O)s2)c1. The third-order valence-electron chi connectivity index (χ3n) is 1.98. The molecule has 2 rings (SSSR count). The molecule has 1 heterocycles. The summed E-state index contributed by atoms with van der Waals surface area (Å²) in [5, 5.41) is 0.493. The number of carbonyl (C=O) groups excluding carboxylic acids is 1. The Morgan fingerprint density at radius 2 is 2.33 bits per heavy atom. The summed E-state index contributed by atoms with van der Waals surface area (Å²) in [4.78, 5) is 15.4. The van der Waals surface area contributed by atoms with Crippen molar-refractivity contribution in [3.63, 3.8) is 0 Å². The number of ether oxygens (including phenoxy) is 1. The minimum atomic E-state index is 0.493. The minimum Gasteiger partial charge on any atom is -0.497 e. The lowest BCUT2D eigenvalue weighted by molar-refractivity contribution is 0.112. The fourth-order valence-corrected chi connectivity index (χ4v) is 1.98. The molecule has 1 aromatic heterocycles. The van der Waals surface area contributed by atoms with Gasteiger partial charge in [0.15, 0.2) is 11.3 Å². The summed E-state index contributed by atoms with van der Waals surface area (Å²) >= 11 is 1.37. The van der Waals surface area contributed by atoms with Crippen molar-refractivity contribution >= 4 is 17.6 Å². The fourth-order valence-electron chi connectivity index (χ4n) is 1.25. The normalized spacial score (nSPS) is 9.93. The number of nitrogens with zero attached hydrogens (tertiary/aromatic N) is 1. The maximum absolute atomic E-state index is 10.5. The highest BCUT2D eigenvalue weighted by Crippen LogP contribution is 2.27. The van der Waals surface area contributed by atoms with Gasteiger partial charge < -0.3 is 4.74 Å². The van der Waals surface area contributed by atoms with Gasteiger partial charge >= 0.3 is 0 Å². The number of hydrogen-bond donors (Lipinski definition) is 0. The number of methoxy groups -OCH3 is 1. The lowest BCUT2D eigenvalue weighted by Crippen LogP contribution is -1.81. The average Bonchev–Trinajstić information content (AvgIpc) is 2.78. The summed E-state index contributed by atoms with van der Waals surface area (Å²) in [5.41, 5.74) is 1.01. The van der Waals surface area contributed by atoms with E-state index in [1.165, 1.54) is 11.3 Å². The van der Waals surface area contributed by atoms with Crippen molar-refractivity contribution in [2.24, 2.45) is 0 Å². The standard InChI is InChI=1S/C11H9NO2S/c1-14-9-4-2-3-8(5-9)10-6-12-11(7-13)15-10/h2-7H,1H3. The van der Waals surface area contributed by atoms with Crippen LogP contribution in [0.3, 0.4) is 0 Å². The molecule has 3 nitrogen and oxygen atoms in total. The van der Waals surface area contributed by atoms with Gasteiger partial charge in [0, 0.05) is 6.20 Å². The predicted octanol–water partition coefficient (Wildman–Crippen LogP) is 2.63. The molecule has 0 aliphatic carbocycles. The van der Waals surface area contributed by atoms with Crippen LogP contribution in [0.4, 0.5) is 0 Å². The molecule has 0 aliphatic heterocycles. The molecule has 0 saturated heterocycles. The molecule has 76 valence electrons. The van der Waals surface area contributed by atoms with E-state index < -0.39 is 0 Å². The van der Waals surface area contributed by atoms with E-state index in [0.717, 1.165) is 22.5 Å². The lowest BCUT2D eigenvalue weighted by atomic mass is 10.2. The molecule has 0 saturated carbocycles. The average molecular weight is 219 g/mol. The molecule has 0 bridgehead atoms. The van der Waals surface area contributed by atoms with E-state index in [9.17, 15) is 4.79 Å². The molecule has 0 N–H and O–H groups in total. The smallest absolute Gasteiger partial charge is 0.178 e. The molecule has 0 spiro atoms. The highest BCUT2D eigenvalue weighted by molar-refractivity contribution is 7.16. The summed E-state index contributed by atoms with van der Waals surface area (Å²) in [5.74, 6) is 0.800. The Bertz CT molecular complexity index is 479. The van der Waals surface area contributed by atoms with Crippen molar-refractivity contribution in [2.75, 3.05) is 7.11 Å². The Morgan fingerprint density at radius 1 is 1.47 bits per heavy atom. The first-order chi connectivity index (χ1) is 7.33. The number of benzene rings is 1. The Hall–Kier alpha value is -1.68. The monoisotopic (exact) mass is 219 g/mol. The molecule has 0 radical (unpaired) electrons. The molecule has 0 atom stereocenters. The second kappa shape index (κ2) is 4.23. The van der Waals surface area contributed by atoms with Gasteiger partial charge in [-0.1, -0.05) is 12.1 Å². The van der Waals surface area contributed by atoms with E-state index in [4.69, 9.17) is 4.74 Å². The van der Waals surface area contributed by atoms with E-state index in [1.54, 1.807) is 13.3 Å². The third kappa shape index (κ3) is 2.05. The molecule has 0 aliphatic rings. The molecule has 0 unspecified atom stereocenters. The fraction of sp³-hybridized carbons (Fsp3) is 0.0909. The number of hydrogen-bond acceptors (Lipinski definition) is 4. The van der Waals surface area contributed by atoms with Crippen LogP contribution in [0, 0.1) is 0 Å². The van der Waals surface area contributed by atoms with Crippen LogP contribution in [-0.4, -0.2) is 18.4 Å². The quantitative estimate of drug-likeness (QED) is 0.745. The number of carbonyl (C=O) groups is 1. The van der Waals surface area contributed by atoms with Gasteiger partial charge in [0.05, 0.1) is 12.0 Å². The maximum atomic E-state index is 10.5. The van der Waals surface area contributed by atoms with Crippen LogP contribution in [0.25, 0.3) is 10.4 Å². The van der Waals surface area contributed by atoms with Crippen LogP contribution in [0.15, 0.2) is 30.5 Å². The van der Waals surface area contributed by atoms with Gasteiger partial charge in [-0.2, -0.15) is 0 Å². The first-order valence-electron chi connectivity index (χ1n) is 4.39. The van der Waals surface area contributed by atoms with E-state index >= 15 is 0 Å². The topological polar surface area (TPSA) is 39.2 Å². The van der Waals surface area contributed by atoms with Crippen molar-refractivity contribution in [1.82, 2.24) is 4.98 Å². The number of aromatic nitrogens is 1.